The number of carboxylic acid groups (broad SMARTS) is 1. The standard InChI is InChI=1S/C32H31FN2O5/c1-18-10-23(38-16-20-14-34-35(3)15-20)11-19(2)31(18)25-6-8-27(33)32-26(25)7-9-28(32)40-22-4-5-24-21(12-30(36)37)17-39-29(24)13-22/h4-6,8,10-11,13-15,21,28H,7,9,12,16-17H2,1-3H3,(H,36,37)/t21-,28-/m1/s1. The van der Waals surface area contributed by atoms with E-state index in [1.165, 1.54) is 6.07 Å². The maximum Gasteiger partial charge on any atom is 0.304 e. The van der Waals surface area contributed by atoms with E-state index in [-0.39, 0.29) is 18.2 Å². The second kappa shape index (κ2) is 10.3. The first-order valence-corrected chi connectivity index (χ1v) is 13.4. The average Bonchev–Trinajstić information content (AvgIpc) is 3.63. The van der Waals surface area contributed by atoms with E-state index in [1.54, 1.807) is 16.9 Å². The molecule has 8 heteroatoms. The zero-order valence-electron chi connectivity index (χ0n) is 22.7. The lowest BCUT2D eigenvalue weighted by Gasteiger charge is -2.19. The molecule has 2 atom stereocenters. The highest BCUT2D eigenvalue weighted by Gasteiger charge is 2.32. The monoisotopic (exact) mass is 542 g/mol. The molecule has 1 N–H and O–H groups in total. The van der Waals surface area contributed by atoms with Crippen LogP contribution in [0.25, 0.3) is 11.1 Å². The van der Waals surface area contributed by atoms with Crippen LogP contribution in [0, 0.1) is 19.7 Å². The van der Waals surface area contributed by atoms with Gasteiger partial charge in [0.25, 0.3) is 0 Å². The Morgan fingerprint density at radius 3 is 2.67 bits per heavy atom. The van der Waals surface area contributed by atoms with E-state index in [1.807, 2.05) is 43.6 Å². The van der Waals surface area contributed by atoms with Gasteiger partial charge >= 0.3 is 5.97 Å². The fraction of sp³-hybridized carbons (Fsp3) is 0.312. The quantitative estimate of drug-likeness (QED) is 0.276. The minimum Gasteiger partial charge on any atom is -0.492 e. The maximum absolute atomic E-state index is 15.3. The molecule has 0 unspecified atom stereocenters. The van der Waals surface area contributed by atoms with Crippen LogP contribution in [0.3, 0.4) is 0 Å². The third-order valence-corrected chi connectivity index (χ3v) is 7.79. The van der Waals surface area contributed by atoms with Gasteiger partial charge in [-0.3, -0.25) is 9.48 Å². The van der Waals surface area contributed by atoms with Gasteiger partial charge in [0.2, 0.25) is 0 Å². The minimum atomic E-state index is -0.854. The molecule has 0 spiro atoms. The highest BCUT2D eigenvalue weighted by Crippen LogP contribution is 2.45. The molecule has 0 radical (unpaired) electrons. The number of hydrogen-bond donors (Lipinski definition) is 1. The summed E-state index contributed by atoms with van der Waals surface area (Å²) in [6.45, 7) is 4.88. The van der Waals surface area contributed by atoms with Crippen molar-refractivity contribution in [2.24, 2.45) is 7.05 Å². The third kappa shape index (κ3) is 4.90. The molecule has 3 aromatic carbocycles. The van der Waals surface area contributed by atoms with Gasteiger partial charge in [0.05, 0.1) is 19.2 Å². The number of benzene rings is 3. The summed E-state index contributed by atoms with van der Waals surface area (Å²) in [6, 6.07) is 12.9. The number of rotatable bonds is 8. The van der Waals surface area contributed by atoms with Gasteiger partial charge in [0, 0.05) is 41.9 Å². The molecule has 1 aliphatic carbocycles. The van der Waals surface area contributed by atoms with E-state index in [4.69, 9.17) is 19.3 Å². The van der Waals surface area contributed by atoms with Crippen LogP contribution >= 0.6 is 0 Å². The molecule has 0 saturated heterocycles. The Morgan fingerprint density at radius 1 is 1.15 bits per heavy atom. The third-order valence-electron chi connectivity index (χ3n) is 7.79. The van der Waals surface area contributed by atoms with Crippen molar-refractivity contribution in [2.45, 2.75) is 51.7 Å². The molecule has 0 bridgehead atoms. The van der Waals surface area contributed by atoms with Crippen LogP contribution in [-0.4, -0.2) is 27.5 Å². The Bertz CT molecular complexity index is 1590. The fourth-order valence-electron chi connectivity index (χ4n) is 6.04. The summed E-state index contributed by atoms with van der Waals surface area (Å²) in [4.78, 5) is 11.2. The van der Waals surface area contributed by atoms with E-state index in [0.717, 1.165) is 44.7 Å². The van der Waals surface area contributed by atoms with Gasteiger partial charge in [-0.05, 0) is 78.8 Å². The molecule has 7 nitrogen and oxygen atoms in total. The van der Waals surface area contributed by atoms with Crippen LogP contribution in [0.2, 0.25) is 0 Å². The summed E-state index contributed by atoms with van der Waals surface area (Å²) in [5.41, 5.74) is 7.66. The molecular formula is C32H31FN2O5. The number of aliphatic carboxylic acids is 1. The van der Waals surface area contributed by atoms with Crippen molar-refractivity contribution < 1.29 is 28.5 Å². The lowest BCUT2D eigenvalue weighted by Crippen LogP contribution is -2.07. The first kappa shape index (κ1) is 25.9. The number of halogens is 1. The Kier molecular flexibility index (Phi) is 6.70. The van der Waals surface area contributed by atoms with Crippen LogP contribution in [0.15, 0.2) is 54.9 Å². The molecule has 0 amide bonds. The smallest absolute Gasteiger partial charge is 0.304 e. The summed E-state index contributed by atoms with van der Waals surface area (Å²) < 4.78 is 35.1. The summed E-state index contributed by atoms with van der Waals surface area (Å²) in [7, 11) is 1.88. The van der Waals surface area contributed by atoms with Crippen molar-refractivity contribution in [3.8, 4) is 28.4 Å². The van der Waals surface area contributed by atoms with Gasteiger partial charge in [0.15, 0.2) is 0 Å². The van der Waals surface area contributed by atoms with Gasteiger partial charge in [-0.2, -0.15) is 5.10 Å². The number of carboxylic acids is 1. The molecule has 206 valence electrons. The predicted molar refractivity (Wildman–Crippen MR) is 147 cm³/mol. The molecule has 6 rings (SSSR count). The SMILES string of the molecule is Cc1cc(OCc2cnn(C)c2)cc(C)c1-c1ccc(F)c2c1CC[C@H]2Oc1ccc2c(c1)OC[C@H]2CC(=O)O. The van der Waals surface area contributed by atoms with Crippen LogP contribution < -0.4 is 14.2 Å². The first-order valence-electron chi connectivity index (χ1n) is 13.4. The van der Waals surface area contributed by atoms with Gasteiger partial charge in [-0.1, -0.05) is 12.1 Å². The highest BCUT2D eigenvalue weighted by molar-refractivity contribution is 5.76. The Labute approximate surface area is 232 Å². The zero-order chi connectivity index (χ0) is 28.0. The number of aromatic nitrogens is 2. The molecule has 40 heavy (non-hydrogen) atoms. The second-order valence-electron chi connectivity index (χ2n) is 10.7. The van der Waals surface area contributed by atoms with Gasteiger partial charge < -0.3 is 19.3 Å². The molecule has 4 aromatic rings. The van der Waals surface area contributed by atoms with Gasteiger partial charge in [0.1, 0.15) is 35.8 Å². The van der Waals surface area contributed by atoms with E-state index in [9.17, 15) is 4.79 Å². The average molecular weight is 543 g/mol. The largest absolute Gasteiger partial charge is 0.492 e. The Hall–Kier alpha value is -4.33. The zero-order valence-corrected chi connectivity index (χ0v) is 22.7. The number of ether oxygens (including phenoxy) is 3. The maximum atomic E-state index is 15.3. The van der Waals surface area contributed by atoms with E-state index < -0.39 is 12.1 Å². The first-order chi connectivity index (χ1) is 19.3. The normalized spacial score (nSPS) is 17.3. The number of aryl methyl sites for hydroxylation is 3. The number of hydrogen-bond acceptors (Lipinski definition) is 5. The molecule has 0 fully saturated rings. The lowest BCUT2D eigenvalue weighted by molar-refractivity contribution is -0.137. The molecule has 1 aromatic heterocycles. The molecule has 2 aliphatic rings. The Balaban J connectivity index is 1.24. The minimum absolute atomic E-state index is 0.0215. The van der Waals surface area contributed by atoms with Crippen molar-refractivity contribution in [1.29, 1.82) is 0 Å². The summed E-state index contributed by atoms with van der Waals surface area (Å²) in [6.07, 6.45) is 4.68. The summed E-state index contributed by atoms with van der Waals surface area (Å²) in [5.74, 6) is 0.701. The lowest BCUT2D eigenvalue weighted by atomic mass is 9.90. The van der Waals surface area contributed by atoms with Gasteiger partial charge in [-0.15, -0.1) is 0 Å². The van der Waals surface area contributed by atoms with E-state index in [0.29, 0.717) is 43.1 Å². The van der Waals surface area contributed by atoms with Gasteiger partial charge in [-0.25, -0.2) is 4.39 Å². The van der Waals surface area contributed by atoms with Crippen LogP contribution in [0.4, 0.5) is 4.39 Å². The van der Waals surface area contributed by atoms with Crippen LogP contribution in [-0.2, 0) is 24.9 Å². The fourth-order valence-corrected chi connectivity index (χ4v) is 6.04. The van der Waals surface area contributed by atoms with Crippen molar-refractivity contribution in [3.05, 3.63) is 94.1 Å². The second-order valence-corrected chi connectivity index (χ2v) is 10.7. The molecule has 2 heterocycles. The Morgan fingerprint density at radius 2 is 1.95 bits per heavy atom. The molecule has 1 aliphatic heterocycles. The predicted octanol–water partition coefficient (Wildman–Crippen LogP) is 6.44. The van der Waals surface area contributed by atoms with Crippen molar-refractivity contribution in [2.75, 3.05) is 6.61 Å². The van der Waals surface area contributed by atoms with Crippen LogP contribution in [0.1, 0.15) is 58.2 Å². The van der Waals surface area contributed by atoms with E-state index in [2.05, 4.69) is 18.9 Å². The molecule has 0 saturated carbocycles. The number of fused-ring (bicyclic) bond motifs is 2. The number of carbonyl (C=O) groups is 1. The topological polar surface area (TPSA) is 82.8 Å². The molecular weight excluding hydrogens is 511 g/mol. The van der Waals surface area contributed by atoms with E-state index >= 15 is 4.39 Å². The van der Waals surface area contributed by atoms with Crippen molar-refractivity contribution >= 4 is 5.97 Å². The van der Waals surface area contributed by atoms with Crippen LogP contribution in [0.5, 0.6) is 17.2 Å². The van der Waals surface area contributed by atoms with Crippen molar-refractivity contribution in [1.82, 2.24) is 9.78 Å². The van der Waals surface area contributed by atoms with Crippen molar-refractivity contribution in [3.63, 3.8) is 0 Å². The summed E-state index contributed by atoms with van der Waals surface area (Å²) in [5, 5.41) is 13.3. The highest BCUT2D eigenvalue weighted by atomic mass is 19.1. The number of nitrogens with zero attached hydrogens (tertiary/aromatic N) is 2. The summed E-state index contributed by atoms with van der Waals surface area (Å²) >= 11 is 0.